The van der Waals surface area contributed by atoms with Crippen LogP contribution in [0.5, 0.6) is 0 Å². The molecular weight excluding hydrogens is 673 g/mol. The van der Waals surface area contributed by atoms with Crippen molar-refractivity contribution in [2.24, 2.45) is 0 Å². The Morgan fingerprint density at radius 1 is 0.333 bits per heavy atom. The molecule has 12 rings (SSSR count). The van der Waals surface area contributed by atoms with Crippen LogP contribution in [0, 0.1) is 0 Å². The third-order valence-electron chi connectivity index (χ3n) is 11.4. The third kappa shape index (κ3) is 4.26. The fourth-order valence-corrected chi connectivity index (χ4v) is 10.3. The lowest BCUT2D eigenvalue weighted by molar-refractivity contribution is 0.669. The van der Waals surface area contributed by atoms with Gasteiger partial charge in [0.15, 0.2) is 0 Å². The average molecular weight is 703 g/mol. The summed E-state index contributed by atoms with van der Waals surface area (Å²) in [7, 11) is 0. The molecule has 0 fully saturated rings. The van der Waals surface area contributed by atoms with Gasteiger partial charge in [0.1, 0.15) is 11.2 Å². The summed E-state index contributed by atoms with van der Waals surface area (Å²) < 4.78 is 9.23. The summed E-state index contributed by atoms with van der Waals surface area (Å²) in [6.45, 7) is 0. The normalized spacial score (nSPS) is 12.1. The Morgan fingerprint density at radius 3 is 1.70 bits per heavy atom. The number of fused-ring (bicyclic) bond motifs is 12. The van der Waals surface area contributed by atoms with Crippen molar-refractivity contribution in [2.45, 2.75) is 0 Å². The molecule has 2 heterocycles. The van der Waals surface area contributed by atoms with Gasteiger partial charge < -0.3 is 4.42 Å². The third-order valence-corrected chi connectivity index (χ3v) is 12.6. The van der Waals surface area contributed by atoms with Crippen molar-refractivity contribution in [1.82, 2.24) is 0 Å². The van der Waals surface area contributed by atoms with Crippen LogP contribution in [0.15, 0.2) is 186 Å². The van der Waals surface area contributed by atoms with Crippen molar-refractivity contribution in [3.05, 3.63) is 182 Å². The highest BCUT2D eigenvalue weighted by Crippen LogP contribution is 2.47. The summed E-state index contributed by atoms with van der Waals surface area (Å²) in [6, 6.07) is 66.6. The van der Waals surface area contributed by atoms with Crippen LogP contribution in [-0.2, 0) is 0 Å². The van der Waals surface area contributed by atoms with Gasteiger partial charge >= 0.3 is 0 Å². The molecule has 0 bridgehead atoms. The molecule has 0 aliphatic rings. The van der Waals surface area contributed by atoms with E-state index in [1.54, 1.807) is 0 Å². The number of rotatable bonds is 3. The molecule has 0 saturated carbocycles. The van der Waals surface area contributed by atoms with Crippen LogP contribution >= 0.6 is 11.3 Å². The molecule has 250 valence electrons. The Hall–Kier alpha value is -6.74. The lowest BCUT2D eigenvalue weighted by Crippen LogP contribution is -1.92. The first-order chi connectivity index (χ1) is 26.8. The van der Waals surface area contributed by atoms with Gasteiger partial charge in [-0.2, -0.15) is 0 Å². The maximum atomic E-state index is 6.63. The standard InChI is InChI=1S/C52H30OS/c1-3-16-36-31(11-1)13-10-22-38(36)49-41-20-7-5-18-39(41)48(40-19-6-8-21-42(40)49)35-15-9-14-33(29-35)34-23-25-43-46(30-34)53-45-27-26-44-50-37-17-4-2-12-32(37)24-28-47(50)54-52(44)51(43)45/h1-30H. The second-order valence-electron chi connectivity index (χ2n) is 14.3. The highest BCUT2D eigenvalue weighted by atomic mass is 32.1. The molecule has 0 aliphatic heterocycles. The smallest absolute Gasteiger partial charge is 0.136 e. The molecule has 2 aromatic heterocycles. The van der Waals surface area contributed by atoms with E-state index in [1.807, 2.05) is 11.3 Å². The second kappa shape index (κ2) is 11.4. The van der Waals surface area contributed by atoms with Gasteiger partial charge in [-0.1, -0.05) is 146 Å². The average Bonchev–Trinajstić information content (AvgIpc) is 3.81. The van der Waals surface area contributed by atoms with Crippen LogP contribution in [-0.4, -0.2) is 0 Å². The van der Waals surface area contributed by atoms with Crippen molar-refractivity contribution < 1.29 is 4.42 Å². The minimum Gasteiger partial charge on any atom is -0.456 e. The summed E-state index contributed by atoms with van der Waals surface area (Å²) in [4.78, 5) is 0. The van der Waals surface area contributed by atoms with Crippen LogP contribution in [0.4, 0.5) is 0 Å². The highest BCUT2D eigenvalue weighted by Gasteiger charge is 2.20. The van der Waals surface area contributed by atoms with Gasteiger partial charge in [0, 0.05) is 30.9 Å². The SMILES string of the molecule is c1cc(-c2ccc3c(c2)oc2ccc4c(sc5ccc6ccccc6c54)c23)cc(-c2c3ccccc3c(-c3cccc4ccccc34)c3ccccc23)c1. The Balaban J connectivity index is 1.04. The largest absolute Gasteiger partial charge is 0.456 e. The number of benzene rings is 10. The van der Waals surface area contributed by atoms with Gasteiger partial charge in [-0.3, -0.25) is 0 Å². The Bertz CT molecular complexity index is 3450. The maximum Gasteiger partial charge on any atom is 0.136 e. The Kier molecular flexibility index (Phi) is 6.28. The van der Waals surface area contributed by atoms with Gasteiger partial charge in [-0.25, -0.2) is 0 Å². The summed E-state index contributed by atoms with van der Waals surface area (Å²) >= 11 is 1.87. The molecule has 1 nitrogen and oxygen atoms in total. The van der Waals surface area contributed by atoms with Crippen LogP contribution in [0.1, 0.15) is 0 Å². The minimum absolute atomic E-state index is 0.915. The molecule has 0 N–H and O–H groups in total. The van der Waals surface area contributed by atoms with E-state index in [9.17, 15) is 0 Å². The molecule has 2 heteroatoms. The van der Waals surface area contributed by atoms with Crippen molar-refractivity contribution in [1.29, 1.82) is 0 Å². The fourth-order valence-electron chi connectivity index (χ4n) is 9.07. The lowest BCUT2D eigenvalue weighted by atomic mass is 9.84. The van der Waals surface area contributed by atoms with Crippen molar-refractivity contribution in [3.8, 4) is 33.4 Å². The summed E-state index contributed by atoms with van der Waals surface area (Å²) in [6.07, 6.45) is 0. The summed E-state index contributed by atoms with van der Waals surface area (Å²) in [5.74, 6) is 0. The van der Waals surface area contributed by atoms with Crippen molar-refractivity contribution >= 4 is 96.5 Å². The van der Waals surface area contributed by atoms with E-state index >= 15 is 0 Å². The molecular formula is C52H30OS. The van der Waals surface area contributed by atoms with Crippen LogP contribution in [0.2, 0.25) is 0 Å². The van der Waals surface area contributed by atoms with E-state index in [0.29, 0.717) is 0 Å². The van der Waals surface area contributed by atoms with Gasteiger partial charge in [-0.05, 0) is 113 Å². The molecule has 12 aromatic rings. The van der Waals surface area contributed by atoms with E-state index in [2.05, 4.69) is 182 Å². The minimum atomic E-state index is 0.915. The van der Waals surface area contributed by atoms with E-state index in [0.717, 1.165) is 22.1 Å². The van der Waals surface area contributed by atoms with E-state index in [1.165, 1.54) is 96.5 Å². The molecule has 0 radical (unpaired) electrons. The fraction of sp³-hybridized carbons (Fsp3) is 0. The predicted octanol–water partition coefficient (Wildman–Crippen LogP) is 15.6. The zero-order valence-electron chi connectivity index (χ0n) is 29.1. The molecule has 0 amide bonds. The number of furan rings is 1. The molecule has 0 atom stereocenters. The number of hydrogen-bond acceptors (Lipinski definition) is 2. The van der Waals surface area contributed by atoms with Gasteiger partial charge in [0.2, 0.25) is 0 Å². The highest BCUT2D eigenvalue weighted by molar-refractivity contribution is 7.27. The summed E-state index contributed by atoms with van der Waals surface area (Å²) in [5.41, 5.74) is 9.17. The van der Waals surface area contributed by atoms with Gasteiger partial charge in [-0.15, -0.1) is 11.3 Å². The van der Waals surface area contributed by atoms with E-state index < -0.39 is 0 Å². The molecule has 0 saturated heterocycles. The van der Waals surface area contributed by atoms with Crippen LogP contribution in [0.25, 0.3) is 119 Å². The lowest BCUT2D eigenvalue weighted by Gasteiger charge is -2.19. The van der Waals surface area contributed by atoms with Crippen molar-refractivity contribution in [2.75, 3.05) is 0 Å². The van der Waals surface area contributed by atoms with Gasteiger partial charge in [0.05, 0.1) is 0 Å². The van der Waals surface area contributed by atoms with Gasteiger partial charge in [0.25, 0.3) is 0 Å². The molecule has 0 aliphatic carbocycles. The molecule has 0 spiro atoms. The van der Waals surface area contributed by atoms with Crippen LogP contribution < -0.4 is 0 Å². The zero-order valence-corrected chi connectivity index (χ0v) is 30.0. The summed E-state index contributed by atoms with van der Waals surface area (Å²) in [5, 5.41) is 15.1. The van der Waals surface area contributed by atoms with E-state index in [-0.39, 0.29) is 0 Å². The molecule has 10 aromatic carbocycles. The zero-order chi connectivity index (χ0) is 35.3. The Morgan fingerprint density at radius 2 is 0.926 bits per heavy atom. The monoisotopic (exact) mass is 702 g/mol. The first-order valence-electron chi connectivity index (χ1n) is 18.5. The van der Waals surface area contributed by atoms with Crippen molar-refractivity contribution in [3.63, 3.8) is 0 Å². The van der Waals surface area contributed by atoms with Crippen LogP contribution in [0.3, 0.4) is 0 Å². The predicted molar refractivity (Wildman–Crippen MR) is 233 cm³/mol. The molecule has 0 unspecified atom stereocenters. The van der Waals surface area contributed by atoms with E-state index in [4.69, 9.17) is 4.42 Å². The first-order valence-corrected chi connectivity index (χ1v) is 19.3. The molecule has 54 heavy (non-hydrogen) atoms. The second-order valence-corrected chi connectivity index (χ2v) is 15.4. The Labute approximate surface area is 314 Å². The number of thiophene rings is 1. The quantitative estimate of drug-likeness (QED) is 0.167. The topological polar surface area (TPSA) is 13.1 Å². The first kappa shape index (κ1) is 29.8. The maximum absolute atomic E-state index is 6.63. The number of hydrogen-bond donors (Lipinski definition) is 0.